The number of rotatable bonds is 5. The third kappa shape index (κ3) is 3.46. The Morgan fingerprint density at radius 2 is 2.04 bits per heavy atom. The molecule has 7 heteroatoms. The van der Waals surface area contributed by atoms with E-state index in [1.165, 1.54) is 5.56 Å². The predicted octanol–water partition coefficient (Wildman–Crippen LogP) is 3.47. The van der Waals surface area contributed by atoms with E-state index in [0.717, 1.165) is 17.0 Å². The summed E-state index contributed by atoms with van der Waals surface area (Å²) in [6.45, 7) is 7.86. The molecule has 136 valence electrons. The molecule has 0 saturated carbocycles. The number of aryl methyl sites for hydroxylation is 4. The molecule has 1 N–H and O–H groups in total. The van der Waals surface area contributed by atoms with Crippen molar-refractivity contribution in [2.24, 2.45) is 7.05 Å². The molecule has 2 aromatic heterocycles. The normalized spacial score (nSPS) is 10.8. The average Bonchev–Trinajstić information content (AvgIpc) is 3.11. The fourth-order valence-electron chi connectivity index (χ4n) is 2.65. The lowest BCUT2D eigenvalue weighted by Crippen LogP contribution is -2.16. The first-order chi connectivity index (χ1) is 12.4. The van der Waals surface area contributed by atoms with Gasteiger partial charge in [-0.05, 0) is 39.3 Å². The van der Waals surface area contributed by atoms with Crippen LogP contribution in [0.1, 0.15) is 38.6 Å². The van der Waals surface area contributed by atoms with E-state index >= 15 is 0 Å². The molecule has 0 aliphatic rings. The summed E-state index contributed by atoms with van der Waals surface area (Å²) in [4.78, 5) is 12.6. The standard InChI is InChI=1S/C19H22N4O3/c1-11-6-7-17(12(2)8-11)25-10-15-14(4)26-22-18(15)19(24)21-16-9-20-23(5)13(16)3/h6-9H,10H2,1-5H3,(H,21,24). The van der Waals surface area contributed by atoms with Crippen molar-refractivity contribution in [3.63, 3.8) is 0 Å². The Balaban J connectivity index is 1.78. The average molecular weight is 354 g/mol. The topological polar surface area (TPSA) is 82.2 Å². The molecular formula is C19H22N4O3. The predicted molar refractivity (Wildman–Crippen MR) is 97.4 cm³/mol. The van der Waals surface area contributed by atoms with Crippen LogP contribution in [0, 0.1) is 27.7 Å². The Morgan fingerprint density at radius 1 is 1.27 bits per heavy atom. The van der Waals surface area contributed by atoms with E-state index in [1.54, 1.807) is 17.8 Å². The first kappa shape index (κ1) is 17.7. The van der Waals surface area contributed by atoms with E-state index in [-0.39, 0.29) is 18.2 Å². The van der Waals surface area contributed by atoms with Crippen LogP contribution < -0.4 is 10.1 Å². The van der Waals surface area contributed by atoms with Gasteiger partial charge >= 0.3 is 0 Å². The van der Waals surface area contributed by atoms with Gasteiger partial charge in [0.15, 0.2) is 5.69 Å². The van der Waals surface area contributed by atoms with Gasteiger partial charge in [0.1, 0.15) is 18.1 Å². The summed E-state index contributed by atoms with van der Waals surface area (Å²) < 4.78 is 12.8. The largest absolute Gasteiger partial charge is 0.488 e. The summed E-state index contributed by atoms with van der Waals surface area (Å²) in [5, 5.41) is 10.8. The van der Waals surface area contributed by atoms with Gasteiger partial charge in [0.25, 0.3) is 5.91 Å². The molecule has 0 aliphatic carbocycles. The van der Waals surface area contributed by atoms with Gasteiger partial charge in [-0.2, -0.15) is 5.10 Å². The Bertz CT molecular complexity index is 956. The van der Waals surface area contributed by atoms with Gasteiger partial charge in [-0.3, -0.25) is 9.48 Å². The number of carbonyl (C=O) groups is 1. The van der Waals surface area contributed by atoms with Crippen molar-refractivity contribution in [2.45, 2.75) is 34.3 Å². The van der Waals surface area contributed by atoms with Crippen molar-refractivity contribution in [2.75, 3.05) is 5.32 Å². The van der Waals surface area contributed by atoms with Crippen LogP contribution in [0.5, 0.6) is 5.75 Å². The van der Waals surface area contributed by atoms with E-state index in [9.17, 15) is 4.79 Å². The molecule has 0 fully saturated rings. The minimum atomic E-state index is -0.350. The number of benzene rings is 1. The summed E-state index contributed by atoms with van der Waals surface area (Å²) in [7, 11) is 1.81. The molecule has 0 bridgehead atoms. The van der Waals surface area contributed by atoms with Crippen molar-refractivity contribution in [1.29, 1.82) is 0 Å². The summed E-state index contributed by atoms with van der Waals surface area (Å²) in [6, 6.07) is 5.96. The molecule has 3 rings (SSSR count). The highest BCUT2D eigenvalue weighted by atomic mass is 16.5. The maximum Gasteiger partial charge on any atom is 0.278 e. The minimum Gasteiger partial charge on any atom is -0.488 e. The van der Waals surface area contributed by atoms with Crippen LogP contribution in [0.3, 0.4) is 0 Å². The van der Waals surface area contributed by atoms with Crippen molar-refractivity contribution in [1.82, 2.24) is 14.9 Å². The maximum absolute atomic E-state index is 12.6. The summed E-state index contributed by atoms with van der Waals surface area (Å²) in [5.41, 5.74) is 4.55. The first-order valence-electron chi connectivity index (χ1n) is 8.32. The number of carbonyl (C=O) groups excluding carboxylic acids is 1. The monoisotopic (exact) mass is 354 g/mol. The van der Waals surface area contributed by atoms with Crippen LogP contribution in [0.25, 0.3) is 0 Å². The molecule has 0 radical (unpaired) electrons. The Morgan fingerprint density at radius 3 is 2.69 bits per heavy atom. The smallest absolute Gasteiger partial charge is 0.278 e. The van der Waals surface area contributed by atoms with E-state index in [0.29, 0.717) is 17.0 Å². The van der Waals surface area contributed by atoms with Gasteiger partial charge in [-0.15, -0.1) is 0 Å². The van der Waals surface area contributed by atoms with E-state index in [1.807, 2.05) is 40.0 Å². The SMILES string of the molecule is Cc1ccc(OCc2c(C(=O)Nc3cnn(C)c3C)noc2C)c(C)c1. The molecule has 0 atom stereocenters. The Hall–Kier alpha value is -3.09. The molecule has 0 spiro atoms. The van der Waals surface area contributed by atoms with Crippen LogP contribution in [0.15, 0.2) is 28.9 Å². The van der Waals surface area contributed by atoms with E-state index in [2.05, 4.69) is 21.6 Å². The molecule has 0 aliphatic heterocycles. The molecule has 0 unspecified atom stereocenters. The molecular weight excluding hydrogens is 332 g/mol. The van der Waals surface area contributed by atoms with Crippen molar-refractivity contribution in [3.8, 4) is 5.75 Å². The van der Waals surface area contributed by atoms with E-state index in [4.69, 9.17) is 9.26 Å². The third-order valence-electron chi connectivity index (χ3n) is 4.39. The van der Waals surface area contributed by atoms with Crippen LogP contribution in [-0.2, 0) is 13.7 Å². The second-order valence-electron chi connectivity index (χ2n) is 6.34. The zero-order valence-corrected chi connectivity index (χ0v) is 15.6. The number of ether oxygens (including phenoxy) is 1. The molecule has 2 heterocycles. The number of hydrogen-bond donors (Lipinski definition) is 1. The molecule has 1 amide bonds. The van der Waals surface area contributed by atoms with Crippen molar-refractivity contribution >= 4 is 11.6 Å². The number of nitrogens with zero attached hydrogens (tertiary/aromatic N) is 3. The molecule has 3 aromatic rings. The van der Waals surface area contributed by atoms with Gasteiger partial charge in [0.2, 0.25) is 0 Å². The van der Waals surface area contributed by atoms with Gasteiger partial charge in [0, 0.05) is 7.05 Å². The lowest BCUT2D eigenvalue weighted by molar-refractivity contribution is 0.101. The lowest BCUT2D eigenvalue weighted by Gasteiger charge is -2.10. The fraction of sp³-hybridized carbons (Fsp3) is 0.316. The number of anilines is 1. The molecule has 1 aromatic carbocycles. The fourth-order valence-corrected chi connectivity index (χ4v) is 2.65. The molecule has 0 saturated heterocycles. The summed E-state index contributed by atoms with van der Waals surface area (Å²) in [5.74, 6) is 0.977. The first-order valence-corrected chi connectivity index (χ1v) is 8.32. The van der Waals surface area contributed by atoms with Gasteiger partial charge in [-0.25, -0.2) is 0 Å². The van der Waals surface area contributed by atoms with Crippen LogP contribution in [0.4, 0.5) is 5.69 Å². The number of amides is 1. The summed E-state index contributed by atoms with van der Waals surface area (Å²) in [6.07, 6.45) is 1.60. The van der Waals surface area contributed by atoms with Crippen LogP contribution >= 0.6 is 0 Å². The highest BCUT2D eigenvalue weighted by Gasteiger charge is 2.21. The minimum absolute atomic E-state index is 0.202. The van der Waals surface area contributed by atoms with Crippen molar-refractivity contribution in [3.05, 3.63) is 58.2 Å². The Labute approximate surface area is 151 Å². The molecule has 26 heavy (non-hydrogen) atoms. The highest BCUT2D eigenvalue weighted by molar-refractivity contribution is 6.04. The van der Waals surface area contributed by atoms with Gasteiger partial charge in [-0.1, -0.05) is 22.9 Å². The lowest BCUT2D eigenvalue weighted by atomic mass is 10.1. The zero-order valence-electron chi connectivity index (χ0n) is 15.6. The third-order valence-corrected chi connectivity index (χ3v) is 4.39. The second-order valence-corrected chi connectivity index (χ2v) is 6.34. The summed E-state index contributed by atoms with van der Waals surface area (Å²) >= 11 is 0. The number of nitrogens with one attached hydrogen (secondary N) is 1. The van der Waals surface area contributed by atoms with Gasteiger partial charge < -0.3 is 14.6 Å². The van der Waals surface area contributed by atoms with Crippen LogP contribution in [-0.4, -0.2) is 20.8 Å². The highest BCUT2D eigenvalue weighted by Crippen LogP contribution is 2.23. The van der Waals surface area contributed by atoms with Crippen molar-refractivity contribution < 1.29 is 14.1 Å². The quantitative estimate of drug-likeness (QED) is 0.758. The second kappa shape index (κ2) is 7.03. The van der Waals surface area contributed by atoms with Gasteiger partial charge in [0.05, 0.1) is 23.1 Å². The number of hydrogen-bond acceptors (Lipinski definition) is 5. The maximum atomic E-state index is 12.6. The van der Waals surface area contributed by atoms with E-state index < -0.39 is 0 Å². The van der Waals surface area contributed by atoms with Crippen LogP contribution in [0.2, 0.25) is 0 Å². The zero-order chi connectivity index (χ0) is 18.8. The number of aromatic nitrogens is 3. The Kier molecular flexibility index (Phi) is 4.79. The molecule has 7 nitrogen and oxygen atoms in total.